The molecule has 1 fully saturated rings. The number of aliphatic hydroxyl groups excluding tert-OH is 1. The third-order valence-electron chi connectivity index (χ3n) is 4.30. The van der Waals surface area contributed by atoms with Gasteiger partial charge in [-0.1, -0.05) is 12.8 Å². The summed E-state index contributed by atoms with van der Waals surface area (Å²) in [5, 5.41) is 9.58. The second-order valence-electron chi connectivity index (χ2n) is 5.71. The fourth-order valence-corrected chi connectivity index (χ4v) is 4.14. The van der Waals surface area contributed by atoms with E-state index in [1.54, 1.807) is 6.07 Å². The monoisotopic (exact) mass is 329 g/mol. The smallest absolute Gasteiger partial charge is 0.244 e. The largest absolute Gasteiger partial charge is 0.497 e. The summed E-state index contributed by atoms with van der Waals surface area (Å²) in [5.41, 5.74) is -0.341. The first-order valence-corrected chi connectivity index (χ1v) is 8.77. The van der Waals surface area contributed by atoms with Gasteiger partial charge in [-0.3, -0.25) is 0 Å². The van der Waals surface area contributed by atoms with E-state index in [0.717, 1.165) is 25.7 Å². The Morgan fingerprint density at radius 3 is 2.45 bits per heavy atom. The Morgan fingerprint density at radius 1 is 1.23 bits per heavy atom. The molecule has 0 spiro atoms. The maximum Gasteiger partial charge on any atom is 0.244 e. The SMILES string of the molecule is COc1ccc(S(=O)(=O)NCC2(CO)CCCC2)c(OC)c1. The minimum absolute atomic E-state index is 0.00469. The molecule has 0 saturated heterocycles. The van der Waals surface area contributed by atoms with Crippen LogP contribution in [0.1, 0.15) is 25.7 Å². The van der Waals surface area contributed by atoms with E-state index in [4.69, 9.17) is 9.47 Å². The topological polar surface area (TPSA) is 84.9 Å². The third kappa shape index (κ3) is 3.53. The van der Waals surface area contributed by atoms with Gasteiger partial charge >= 0.3 is 0 Å². The average molecular weight is 329 g/mol. The molecule has 1 aromatic rings. The van der Waals surface area contributed by atoms with Crippen molar-refractivity contribution in [2.75, 3.05) is 27.4 Å². The summed E-state index contributed by atoms with van der Waals surface area (Å²) in [4.78, 5) is 0.0712. The molecule has 0 atom stereocenters. The molecule has 2 N–H and O–H groups in total. The molecule has 22 heavy (non-hydrogen) atoms. The lowest BCUT2D eigenvalue weighted by Gasteiger charge is -2.26. The molecule has 6 nitrogen and oxygen atoms in total. The number of aliphatic hydroxyl groups is 1. The van der Waals surface area contributed by atoms with Gasteiger partial charge in [0, 0.05) is 24.6 Å². The predicted octanol–water partition coefficient (Wildman–Crippen LogP) is 1.53. The molecular formula is C15H23NO5S. The molecular weight excluding hydrogens is 306 g/mol. The van der Waals surface area contributed by atoms with Crippen molar-refractivity contribution in [1.82, 2.24) is 4.72 Å². The number of benzene rings is 1. The summed E-state index contributed by atoms with van der Waals surface area (Å²) < 4.78 is 37.9. The van der Waals surface area contributed by atoms with Crippen molar-refractivity contribution < 1.29 is 23.0 Å². The summed E-state index contributed by atoms with van der Waals surface area (Å²) >= 11 is 0. The zero-order chi connectivity index (χ0) is 16.2. The van der Waals surface area contributed by atoms with Gasteiger partial charge in [-0.05, 0) is 25.0 Å². The van der Waals surface area contributed by atoms with Crippen LogP contribution in [0.3, 0.4) is 0 Å². The Labute approximate surface area is 131 Å². The van der Waals surface area contributed by atoms with E-state index in [0.29, 0.717) is 5.75 Å². The van der Waals surface area contributed by atoms with Crippen LogP contribution in [0.25, 0.3) is 0 Å². The van der Waals surface area contributed by atoms with Crippen LogP contribution in [0.2, 0.25) is 0 Å². The summed E-state index contributed by atoms with van der Waals surface area (Å²) in [7, 11) is -0.782. The van der Waals surface area contributed by atoms with Gasteiger partial charge in [0.1, 0.15) is 16.4 Å². The van der Waals surface area contributed by atoms with Crippen molar-refractivity contribution in [3.8, 4) is 11.5 Å². The summed E-state index contributed by atoms with van der Waals surface area (Å²) in [6.45, 7) is 0.232. The summed E-state index contributed by atoms with van der Waals surface area (Å²) in [6, 6.07) is 4.57. The van der Waals surface area contributed by atoms with E-state index in [2.05, 4.69) is 4.72 Å². The van der Waals surface area contributed by atoms with Crippen LogP contribution in [-0.4, -0.2) is 40.9 Å². The fraction of sp³-hybridized carbons (Fsp3) is 0.600. The normalized spacial score (nSPS) is 17.4. The Hall–Kier alpha value is -1.31. The van der Waals surface area contributed by atoms with Gasteiger partial charge in [-0.15, -0.1) is 0 Å². The second-order valence-corrected chi connectivity index (χ2v) is 7.44. The number of rotatable bonds is 7. The molecule has 1 aromatic carbocycles. The molecule has 1 aliphatic carbocycles. The number of hydrogen-bond donors (Lipinski definition) is 2. The zero-order valence-corrected chi connectivity index (χ0v) is 13.8. The standard InChI is InChI=1S/C15H23NO5S/c1-20-12-5-6-14(13(9-12)21-2)22(18,19)16-10-15(11-17)7-3-4-8-15/h5-6,9,16-17H,3-4,7-8,10-11H2,1-2H3. The molecule has 0 radical (unpaired) electrons. The molecule has 0 bridgehead atoms. The van der Waals surface area contributed by atoms with Gasteiger partial charge in [-0.25, -0.2) is 13.1 Å². The number of nitrogens with one attached hydrogen (secondary N) is 1. The molecule has 124 valence electrons. The Kier molecular flexibility index (Phi) is 5.31. The van der Waals surface area contributed by atoms with E-state index in [-0.39, 0.29) is 29.2 Å². The van der Waals surface area contributed by atoms with Gasteiger partial charge in [0.2, 0.25) is 10.0 Å². The Balaban J connectivity index is 2.20. The summed E-state index contributed by atoms with van der Waals surface area (Å²) in [6.07, 6.45) is 3.72. The molecule has 7 heteroatoms. The van der Waals surface area contributed by atoms with Crippen LogP contribution >= 0.6 is 0 Å². The number of ether oxygens (including phenoxy) is 2. The van der Waals surface area contributed by atoms with Gasteiger partial charge < -0.3 is 14.6 Å². The fourth-order valence-electron chi connectivity index (χ4n) is 2.84. The quantitative estimate of drug-likeness (QED) is 0.792. The highest BCUT2D eigenvalue weighted by Crippen LogP contribution is 2.37. The molecule has 1 saturated carbocycles. The minimum Gasteiger partial charge on any atom is -0.497 e. The van der Waals surface area contributed by atoms with Crippen LogP contribution in [0.15, 0.2) is 23.1 Å². The minimum atomic E-state index is -3.71. The lowest BCUT2D eigenvalue weighted by Crippen LogP contribution is -2.38. The number of hydrogen-bond acceptors (Lipinski definition) is 5. The molecule has 0 unspecified atom stereocenters. The first-order chi connectivity index (χ1) is 10.5. The first-order valence-electron chi connectivity index (χ1n) is 7.29. The van der Waals surface area contributed by atoms with E-state index in [9.17, 15) is 13.5 Å². The first kappa shape index (κ1) is 17.1. The highest BCUT2D eigenvalue weighted by Gasteiger charge is 2.35. The predicted molar refractivity (Wildman–Crippen MR) is 82.7 cm³/mol. The van der Waals surface area contributed by atoms with Crippen molar-refractivity contribution in [2.45, 2.75) is 30.6 Å². The van der Waals surface area contributed by atoms with E-state index < -0.39 is 10.0 Å². The van der Waals surface area contributed by atoms with Crippen molar-refractivity contribution in [2.24, 2.45) is 5.41 Å². The van der Waals surface area contributed by atoms with Crippen molar-refractivity contribution in [1.29, 1.82) is 0 Å². The zero-order valence-electron chi connectivity index (χ0n) is 13.0. The average Bonchev–Trinajstić information content (AvgIpc) is 3.02. The maximum atomic E-state index is 12.5. The molecule has 0 aromatic heterocycles. The van der Waals surface area contributed by atoms with Gasteiger partial charge in [0.15, 0.2) is 0 Å². The lowest BCUT2D eigenvalue weighted by molar-refractivity contribution is 0.134. The van der Waals surface area contributed by atoms with Gasteiger partial charge in [0.25, 0.3) is 0 Å². The van der Waals surface area contributed by atoms with Gasteiger partial charge in [0.05, 0.1) is 14.2 Å². The van der Waals surface area contributed by atoms with Crippen molar-refractivity contribution >= 4 is 10.0 Å². The number of methoxy groups -OCH3 is 2. The molecule has 2 rings (SSSR count). The molecule has 0 amide bonds. The van der Waals surface area contributed by atoms with Crippen LogP contribution in [-0.2, 0) is 10.0 Å². The van der Waals surface area contributed by atoms with E-state index in [1.165, 1.54) is 26.4 Å². The van der Waals surface area contributed by atoms with E-state index in [1.807, 2.05) is 0 Å². The molecule has 1 aliphatic rings. The van der Waals surface area contributed by atoms with E-state index >= 15 is 0 Å². The van der Waals surface area contributed by atoms with Crippen LogP contribution in [0.4, 0.5) is 0 Å². The summed E-state index contributed by atoms with van der Waals surface area (Å²) in [5.74, 6) is 0.759. The molecule has 0 aliphatic heterocycles. The highest BCUT2D eigenvalue weighted by molar-refractivity contribution is 7.89. The maximum absolute atomic E-state index is 12.5. The van der Waals surface area contributed by atoms with Crippen LogP contribution in [0, 0.1) is 5.41 Å². The molecule has 0 heterocycles. The Bertz CT molecular complexity index is 608. The highest BCUT2D eigenvalue weighted by atomic mass is 32.2. The second kappa shape index (κ2) is 6.85. The van der Waals surface area contributed by atoms with Crippen LogP contribution in [0.5, 0.6) is 11.5 Å². The van der Waals surface area contributed by atoms with Crippen molar-refractivity contribution in [3.63, 3.8) is 0 Å². The Morgan fingerprint density at radius 2 is 1.91 bits per heavy atom. The van der Waals surface area contributed by atoms with Gasteiger partial charge in [-0.2, -0.15) is 0 Å². The lowest BCUT2D eigenvalue weighted by atomic mass is 9.88. The number of sulfonamides is 1. The van der Waals surface area contributed by atoms with Crippen LogP contribution < -0.4 is 14.2 Å². The van der Waals surface area contributed by atoms with Crippen molar-refractivity contribution in [3.05, 3.63) is 18.2 Å². The third-order valence-corrected chi connectivity index (χ3v) is 5.74.